The van der Waals surface area contributed by atoms with Crippen LogP contribution in [0.5, 0.6) is 0 Å². The topological polar surface area (TPSA) is 40.5 Å². The predicted molar refractivity (Wildman–Crippen MR) is 44.1 cm³/mol. The van der Waals surface area contributed by atoms with Crippen molar-refractivity contribution in [3.8, 4) is 0 Å². The van der Waals surface area contributed by atoms with E-state index in [1.807, 2.05) is 19.9 Å². The van der Waals surface area contributed by atoms with Crippen LogP contribution in [0.2, 0.25) is 0 Å². The monoisotopic (exact) mass is 154 g/mol. The summed E-state index contributed by atoms with van der Waals surface area (Å²) >= 11 is 0. The Kier molecular flexibility index (Phi) is 2.47. The van der Waals surface area contributed by atoms with Gasteiger partial charge in [-0.1, -0.05) is 17.7 Å². The highest BCUT2D eigenvalue weighted by atomic mass is 16.3. The van der Waals surface area contributed by atoms with Crippen LogP contribution in [-0.2, 0) is 0 Å². The fourth-order valence-electron chi connectivity index (χ4n) is 1.13. The molecule has 1 rings (SSSR count). The molecule has 2 atom stereocenters. The van der Waals surface area contributed by atoms with Crippen molar-refractivity contribution < 1.29 is 10.2 Å². The number of aliphatic hydroxyl groups excluding tert-OH is 2. The van der Waals surface area contributed by atoms with Gasteiger partial charge >= 0.3 is 0 Å². The maximum atomic E-state index is 9.26. The first-order valence-corrected chi connectivity index (χ1v) is 3.82. The van der Waals surface area contributed by atoms with Crippen LogP contribution in [0.25, 0.3) is 0 Å². The fraction of sp³-hybridized carbons (Fsp3) is 0.556. The third-order valence-electron chi connectivity index (χ3n) is 1.96. The van der Waals surface area contributed by atoms with Gasteiger partial charge in [-0.25, -0.2) is 0 Å². The van der Waals surface area contributed by atoms with Crippen molar-refractivity contribution in [2.24, 2.45) is 0 Å². The summed E-state index contributed by atoms with van der Waals surface area (Å²) in [6, 6.07) is 0. The smallest absolute Gasteiger partial charge is 0.0986 e. The lowest BCUT2D eigenvalue weighted by atomic mass is 9.94. The van der Waals surface area contributed by atoms with Crippen LogP contribution >= 0.6 is 0 Å². The first kappa shape index (κ1) is 8.50. The molecule has 1 aliphatic carbocycles. The van der Waals surface area contributed by atoms with Gasteiger partial charge in [0.2, 0.25) is 0 Å². The minimum Gasteiger partial charge on any atom is -0.390 e. The average molecular weight is 154 g/mol. The summed E-state index contributed by atoms with van der Waals surface area (Å²) in [4.78, 5) is 0. The van der Waals surface area contributed by atoms with Gasteiger partial charge in [-0.3, -0.25) is 0 Å². The lowest BCUT2D eigenvalue weighted by Gasteiger charge is -2.20. The van der Waals surface area contributed by atoms with E-state index in [0.29, 0.717) is 6.42 Å². The molecule has 0 saturated carbocycles. The van der Waals surface area contributed by atoms with Crippen LogP contribution in [0.3, 0.4) is 0 Å². The summed E-state index contributed by atoms with van der Waals surface area (Å²) in [5.41, 5.74) is 2.33. The van der Waals surface area contributed by atoms with Gasteiger partial charge in [-0.15, -0.1) is 0 Å². The number of rotatable bonds is 0. The second-order valence-electron chi connectivity index (χ2n) is 3.15. The van der Waals surface area contributed by atoms with Crippen LogP contribution in [0.4, 0.5) is 0 Å². The zero-order chi connectivity index (χ0) is 8.43. The SMILES string of the molecule is CC(C)=C1C=CC(O)C(O)C1. The molecular weight excluding hydrogens is 140 g/mol. The van der Waals surface area contributed by atoms with Gasteiger partial charge in [-0.2, -0.15) is 0 Å². The Morgan fingerprint density at radius 1 is 1.45 bits per heavy atom. The van der Waals surface area contributed by atoms with E-state index in [9.17, 15) is 5.11 Å². The van der Waals surface area contributed by atoms with Gasteiger partial charge in [-0.05, 0) is 19.4 Å². The van der Waals surface area contributed by atoms with E-state index in [0.717, 1.165) is 5.57 Å². The van der Waals surface area contributed by atoms with E-state index in [-0.39, 0.29) is 0 Å². The molecule has 2 heteroatoms. The largest absolute Gasteiger partial charge is 0.390 e. The molecule has 2 nitrogen and oxygen atoms in total. The minimum absolute atomic E-state index is 0.569. The summed E-state index contributed by atoms with van der Waals surface area (Å²) in [7, 11) is 0. The number of allylic oxidation sites excluding steroid dienone is 2. The first-order chi connectivity index (χ1) is 5.11. The second kappa shape index (κ2) is 3.20. The molecule has 0 bridgehead atoms. The number of hydrogen-bond donors (Lipinski definition) is 2. The van der Waals surface area contributed by atoms with Crippen LogP contribution < -0.4 is 0 Å². The summed E-state index contributed by atoms with van der Waals surface area (Å²) in [6.45, 7) is 4.01. The molecule has 0 fully saturated rings. The lowest BCUT2D eigenvalue weighted by Crippen LogP contribution is -2.26. The maximum Gasteiger partial charge on any atom is 0.0986 e. The van der Waals surface area contributed by atoms with Gasteiger partial charge < -0.3 is 10.2 Å². The molecule has 0 aromatic rings. The van der Waals surface area contributed by atoms with Crippen molar-refractivity contribution in [1.29, 1.82) is 0 Å². The van der Waals surface area contributed by atoms with Crippen molar-refractivity contribution in [3.63, 3.8) is 0 Å². The third kappa shape index (κ3) is 1.91. The van der Waals surface area contributed by atoms with E-state index < -0.39 is 12.2 Å². The lowest BCUT2D eigenvalue weighted by molar-refractivity contribution is 0.0463. The molecule has 0 aromatic heterocycles. The van der Waals surface area contributed by atoms with Crippen molar-refractivity contribution in [3.05, 3.63) is 23.3 Å². The van der Waals surface area contributed by atoms with Gasteiger partial charge in [0.25, 0.3) is 0 Å². The molecule has 2 unspecified atom stereocenters. The molecular formula is C9H14O2. The molecule has 0 heterocycles. The number of aliphatic hydroxyl groups is 2. The Hall–Kier alpha value is -0.600. The molecule has 0 aromatic carbocycles. The summed E-state index contributed by atoms with van der Waals surface area (Å²) in [5, 5.41) is 18.4. The zero-order valence-corrected chi connectivity index (χ0v) is 6.91. The van der Waals surface area contributed by atoms with Crippen LogP contribution in [0, 0.1) is 0 Å². The van der Waals surface area contributed by atoms with Crippen molar-refractivity contribution >= 4 is 0 Å². The van der Waals surface area contributed by atoms with E-state index >= 15 is 0 Å². The number of hydrogen-bond acceptors (Lipinski definition) is 2. The Balaban J connectivity index is 2.80. The standard InChI is InChI=1S/C9H14O2/c1-6(2)7-3-4-8(10)9(11)5-7/h3-4,8-11H,5H2,1-2H3. The molecule has 0 amide bonds. The molecule has 2 N–H and O–H groups in total. The average Bonchev–Trinajstić information content (AvgIpc) is 1.94. The highest BCUT2D eigenvalue weighted by Gasteiger charge is 2.18. The normalized spacial score (nSPS) is 30.7. The van der Waals surface area contributed by atoms with E-state index in [4.69, 9.17) is 5.11 Å². The quantitative estimate of drug-likeness (QED) is 0.546. The van der Waals surface area contributed by atoms with E-state index in [1.54, 1.807) is 6.08 Å². The van der Waals surface area contributed by atoms with E-state index in [2.05, 4.69) is 0 Å². The van der Waals surface area contributed by atoms with Crippen molar-refractivity contribution in [2.75, 3.05) is 0 Å². The highest BCUT2D eigenvalue weighted by molar-refractivity contribution is 5.28. The Bertz CT molecular complexity index is 200. The predicted octanol–water partition coefficient (Wildman–Crippen LogP) is 1.00. The van der Waals surface area contributed by atoms with Gasteiger partial charge in [0.1, 0.15) is 0 Å². The molecule has 0 aliphatic heterocycles. The summed E-state index contributed by atoms with van der Waals surface area (Å²) in [5.74, 6) is 0. The van der Waals surface area contributed by atoms with Crippen LogP contribution in [0.1, 0.15) is 20.3 Å². The van der Waals surface area contributed by atoms with Gasteiger partial charge in [0, 0.05) is 6.42 Å². The fourth-order valence-corrected chi connectivity index (χ4v) is 1.13. The molecule has 1 aliphatic rings. The molecule has 0 spiro atoms. The minimum atomic E-state index is -0.682. The molecule has 11 heavy (non-hydrogen) atoms. The van der Waals surface area contributed by atoms with Crippen LogP contribution in [-0.4, -0.2) is 22.4 Å². The Labute approximate surface area is 66.9 Å². The van der Waals surface area contributed by atoms with Crippen LogP contribution in [0.15, 0.2) is 23.3 Å². The van der Waals surface area contributed by atoms with Gasteiger partial charge in [0.05, 0.1) is 12.2 Å². The van der Waals surface area contributed by atoms with Crippen molar-refractivity contribution in [1.82, 2.24) is 0 Å². The summed E-state index contributed by atoms with van der Waals surface area (Å²) in [6.07, 6.45) is 2.78. The first-order valence-electron chi connectivity index (χ1n) is 3.82. The Morgan fingerprint density at radius 3 is 2.55 bits per heavy atom. The highest BCUT2D eigenvalue weighted by Crippen LogP contribution is 2.20. The summed E-state index contributed by atoms with van der Waals surface area (Å²) < 4.78 is 0. The van der Waals surface area contributed by atoms with Crippen molar-refractivity contribution in [2.45, 2.75) is 32.5 Å². The van der Waals surface area contributed by atoms with E-state index in [1.165, 1.54) is 5.57 Å². The molecule has 62 valence electrons. The second-order valence-corrected chi connectivity index (χ2v) is 3.15. The maximum absolute atomic E-state index is 9.26. The third-order valence-corrected chi connectivity index (χ3v) is 1.96. The molecule has 0 radical (unpaired) electrons. The zero-order valence-electron chi connectivity index (χ0n) is 6.91. The van der Waals surface area contributed by atoms with Gasteiger partial charge in [0.15, 0.2) is 0 Å². The Morgan fingerprint density at radius 2 is 2.09 bits per heavy atom. The molecule has 0 saturated heterocycles.